The van der Waals surface area contributed by atoms with E-state index in [2.05, 4.69) is 5.32 Å². The molecule has 0 radical (unpaired) electrons. The molecule has 2 atom stereocenters. The van der Waals surface area contributed by atoms with Crippen molar-refractivity contribution in [3.05, 3.63) is 58.6 Å². The second-order valence-electron chi connectivity index (χ2n) is 6.06. The van der Waals surface area contributed by atoms with Crippen molar-refractivity contribution in [3.63, 3.8) is 0 Å². The molecule has 2 aliphatic rings. The van der Waals surface area contributed by atoms with E-state index < -0.39 is 4.87 Å². The number of aryl methyl sites for hydroxylation is 1. The van der Waals surface area contributed by atoms with Crippen molar-refractivity contribution in [2.75, 3.05) is 10.2 Å². The summed E-state index contributed by atoms with van der Waals surface area (Å²) in [6, 6.07) is 12.9. The highest BCUT2D eigenvalue weighted by Gasteiger charge is 2.60. The Kier molecular flexibility index (Phi) is 3.41. The van der Waals surface area contributed by atoms with E-state index in [1.54, 1.807) is 29.2 Å². The zero-order chi connectivity index (χ0) is 17.1. The monoisotopic (exact) mass is 358 g/mol. The summed E-state index contributed by atoms with van der Waals surface area (Å²) in [4.78, 5) is 26.4. The summed E-state index contributed by atoms with van der Waals surface area (Å²) in [5.41, 5.74) is 3.32. The Balaban J connectivity index is 1.95. The summed E-state index contributed by atoms with van der Waals surface area (Å²) in [7, 11) is 0. The maximum Gasteiger partial charge on any atom is 0.266 e. The van der Waals surface area contributed by atoms with Crippen LogP contribution < -0.4 is 10.2 Å². The fourth-order valence-corrected chi connectivity index (χ4v) is 4.91. The molecule has 0 saturated carbocycles. The first kappa shape index (κ1) is 15.5. The molecular weight excluding hydrogens is 344 g/mol. The largest absolute Gasteiger partial charge is 0.323 e. The smallest absolute Gasteiger partial charge is 0.266 e. The molecule has 1 saturated heterocycles. The Morgan fingerprint density at radius 2 is 1.88 bits per heavy atom. The molecule has 0 aliphatic carbocycles. The fourth-order valence-electron chi connectivity index (χ4n) is 3.31. The van der Waals surface area contributed by atoms with Gasteiger partial charge in [-0.2, -0.15) is 0 Å². The molecule has 2 aliphatic heterocycles. The molecule has 1 fully saturated rings. The Bertz CT molecular complexity index is 868. The summed E-state index contributed by atoms with van der Waals surface area (Å²) in [6.45, 7) is 3.82. The van der Waals surface area contributed by atoms with Gasteiger partial charge in [-0.15, -0.1) is 11.8 Å². The van der Waals surface area contributed by atoms with Crippen LogP contribution in [0.5, 0.6) is 0 Å². The predicted octanol–water partition coefficient (Wildman–Crippen LogP) is 3.92. The van der Waals surface area contributed by atoms with Crippen LogP contribution in [0.25, 0.3) is 0 Å². The summed E-state index contributed by atoms with van der Waals surface area (Å²) in [6.07, 6.45) is 0. The van der Waals surface area contributed by atoms with E-state index in [1.807, 2.05) is 32.0 Å². The Morgan fingerprint density at radius 3 is 2.58 bits per heavy atom. The van der Waals surface area contributed by atoms with Gasteiger partial charge in [0.1, 0.15) is 0 Å². The molecule has 2 heterocycles. The number of carbonyl (C=O) groups is 2. The lowest BCUT2D eigenvalue weighted by molar-refractivity contribution is -0.122. The number of benzene rings is 2. The van der Waals surface area contributed by atoms with Gasteiger partial charge in [-0.05, 0) is 44.2 Å². The number of hydrogen-bond donors (Lipinski definition) is 1. The second kappa shape index (κ2) is 5.26. The molecule has 1 N–H and O–H groups in total. The van der Waals surface area contributed by atoms with Crippen LogP contribution in [0, 0.1) is 6.92 Å². The molecule has 122 valence electrons. The van der Waals surface area contributed by atoms with Gasteiger partial charge in [0, 0.05) is 22.0 Å². The van der Waals surface area contributed by atoms with Crippen LogP contribution in [0.2, 0.25) is 5.02 Å². The first-order valence-electron chi connectivity index (χ1n) is 7.63. The molecule has 6 heteroatoms. The van der Waals surface area contributed by atoms with E-state index in [-0.39, 0.29) is 17.1 Å². The topological polar surface area (TPSA) is 49.4 Å². The molecule has 0 bridgehead atoms. The van der Waals surface area contributed by atoms with Crippen LogP contribution in [-0.4, -0.2) is 17.1 Å². The second-order valence-corrected chi connectivity index (χ2v) is 8.03. The highest BCUT2D eigenvalue weighted by atomic mass is 35.5. The third kappa shape index (κ3) is 2.01. The third-order valence-electron chi connectivity index (χ3n) is 4.41. The number of halogens is 1. The number of carbonyl (C=O) groups excluding carboxylic acids is 2. The molecular formula is C18H15ClN2O2S. The highest BCUT2D eigenvalue weighted by Crippen LogP contribution is 2.56. The quantitative estimate of drug-likeness (QED) is 0.840. The van der Waals surface area contributed by atoms with Crippen molar-refractivity contribution in [1.82, 2.24) is 0 Å². The number of rotatable bonds is 1. The number of anilines is 2. The minimum Gasteiger partial charge on any atom is -0.323 e. The Labute approximate surface area is 149 Å². The van der Waals surface area contributed by atoms with Crippen LogP contribution in [0.1, 0.15) is 18.1 Å². The summed E-state index contributed by atoms with van der Waals surface area (Å²) >= 11 is 7.36. The molecule has 2 aromatic rings. The molecule has 24 heavy (non-hydrogen) atoms. The van der Waals surface area contributed by atoms with Crippen molar-refractivity contribution in [3.8, 4) is 0 Å². The van der Waals surface area contributed by atoms with Crippen LogP contribution in [-0.2, 0) is 14.5 Å². The van der Waals surface area contributed by atoms with E-state index in [0.717, 1.165) is 16.8 Å². The third-order valence-corrected chi connectivity index (χ3v) is 6.15. The van der Waals surface area contributed by atoms with Crippen molar-refractivity contribution < 1.29 is 9.59 Å². The van der Waals surface area contributed by atoms with Crippen LogP contribution in [0.3, 0.4) is 0 Å². The molecule has 4 rings (SSSR count). The summed E-state index contributed by atoms with van der Waals surface area (Å²) in [5.74, 6) is -0.257. The van der Waals surface area contributed by atoms with Crippen LogP contribution in [0.15, 0.2) is 42.5 Å². The molecule has 2 unspecified atom stereocenters. The average Bonchev–Trinajstić information content (AvgIpc) is 2.97. The average molecular weight is 359 g/mol. The summed E-state index contributed by atoms with van der Waals surface area (Å²) in [5, 5.41) is 3.21. The number of nitrogens with zero attached hydrogens (tertiary/aromatic N) is 1. The van der Waals surface area contributed by atoms with Gasteiger partial charge in [-0.1, -0.05) is 29.3 Å². The Hall–Kier alpha value is -1.98. The maximum absolute atomic E-state index is 13.0. The normalized spacial score (nSPS) is 25.3. The molecule has 2 amide bonds. The zero-order valence-corrected chi connectivity index (χ0v) is 14.7. The van der Waals surface area contributed by atoms with Crippen molar-refractivity contribution >= 4 is 46.6 Å². The first-order valence-corrected chi connectivity index (χ1v) is 8.89. The number of thioether (sulfide) groups is 1. The molecule has 1 spiro atoms. The lowest BCUT2D eigenvalue weighted by Gasteiger charge is -2.32. The number of fused-ring (bicyclic) bond motifs is 2. The lowest BCUT2D eigenvalue weighted by atomic mass is 10.0. The molecule has 4 nitrogen and oxygen atoms in total. The van der Waals surface area contributed by atoms with E-state index in [4.69, 9.17) is 11.6 Å². The Morgan fingerprint density at radius 1 is 1.17 bits per heavy atom. The van der Waals surface area contributed by atoms with E-state index in [9.17, 15) is 9.59 Å². The van der Waals surface area contributed by atoms with E-state index in [1.165, 1.54) is 11.8 Å². The van der Waals surface area contributed by atoms with Crippen molar-refractivity contribution in [2.45, 2.75) is 24.0 Å². The van der Waals surface area contributed by atoms with Gasteiger partial charge in [0.25, 0.3) is 5.91 Å². The van der Waals surface area contributed by atoms with Gasteiger partial charge in [0.05, 0.1) is 5.25 Å². The molecule has 0 aromatic heterocycles. The van der Waals surface area contributed by atoms with E-state index in [0.29, 0.717) is 10.7 Å². The molecule has 2 aromatic carbocycles. The van der Waals surface area contributed by atoms with Crippen LogP contribution >= 0.6 is 23.4 Å². The lowest BCUT2D eigenvalue weighted by Crippen LogP contribution is -2.47. The highest BCUT2D eigenvalue weighted by molar-refractivity contribution is 8.03. The van der Waals surface area contributed by atoms with Gasteiger partial charge in [-0.25, -0.2) is 0 Å². The number of amides is 2. The predicted molar refractivity (Wildman–Crippen MR) is 97.5 cm³/mol. The van der Waals surface area contributed by atoms with Gasteiger partial charge >= 0.3 is 0 Å². The standard InChI is InChI=1S/C18H15ClN2O2S/c1-10-3-8-15-14(9-10)18(17(23)20-15)21(16(22)11(2)24-18)13-6-4-12(19)5-7-13/h3-9,11H,1-2H3,(H,20,23). The maximum atomic E-state index is 13.0. The van der Waals surface area contributed by atoms with Crippen LogP contribution in [0.4, 0.5) is 11.4 Å². The fraction of sp³-hybridized carbons (Fsp3) is 0.222. The minimum absolute atomic E-state index is 0.0770. The van der Waals surface area contributed by atoms with Gasteiger partial charge in [0.2, 0.25) is 10.8 Å². The van der Waals surface area contributed by atoms with E-state index >= 15 is 0 Å². The van der Waals surface area contributed by atoms with Gasteiger partial charge < -0.3 is 5.32 Å². The number of nitrogens with one attached hydrogen (secondary N) is 1. The SMILES string of the molecule is Cc1ccc2c(c1)C1(SC(C)C(=O)N1c1ccc(Cl)cc1)C(=O)N2. The number of hydrogen-bond acceptors (Lipinski definition) is 3. The van der Waals surface area contributed by atoms with Crippen molar-refractivity contribution in [1.29, 1.82) is 0 Å². The minimum atomic E-state index is -1.06. The van der Waals surface area contributed by atoms with Crippen molar-refractivity contribution in [2.24, 2.45) is 0 Å². The first-order chi connectivity index (χ1) is 11.4. The van der Waals surface area contributed by atoms with Gasteiger partial charge in [-0.3, -0.25) is 14.5 Å². The zero-order valence-electron chi connectivity index (χ0n) is 13.2. The van der Waals surface area contributed by atoms with Gasteiger partial charge in [0.15, 0.2) is 0 Å². The summed E-state index contributed by atoms with van der Waals surface area (Å²) < 4.78 is 0.